The van der Waals surface area contributed by atoms with Crippen molar-refractivity contribution in [2.75, 3.05) is 12.3 Å². The Balaban J connectivity index is 2.23. The van der Waals surface area contributed by atoms with E-state index < -0.39 is 5.97 Å². The average molecular weight is 228 g/mol. The van der Waals surface area contributed by atoms with E-state index in [0.717, 1.165) is 11.4 Å². The van der Waals surface area contributed by atoms with Gasteiger partial charge in [-0.25, -0.2) is 9.78 Å². The quantitative estimate of drug-likeness (QED) is 0.797. The molecule has 0 bridgehead atoms. The van der Waals surface area contributed by atoms with E-state index in [4.69, 9.17) is 15.6 Å². The number of carbonyl (C=O) groups is 1. The molecule has 0 aromatic carbocycles. The van der Waals surface area contributed by atoms with Crippen molar-refractivity contribution in [2.45, 2.75) is 25.4 Å². The van der Waals surface area contributed by atoms with Gasteiger partial charge in [0.2, 0.25) is 0 Å². The van der Waals surface area contributed by atoms with Crippen LogP contribution in [0.1, 0.15) is 34.8 Å². The van der Waals surface area contributed by atoms with Gasteiger partial charge in [0.05, 0.1) is 12.7 Å². The molecular weight excluding hydrogens is 216 g/mol. The van der Waals surface area contributed by atoms with Gasteiger partial charge in [0.15, 0.2) is 5.69 Å². The molecule has 82 valence electrons. The van der Waals surface area contributed by atoms with Crippen LogP contribution in [0.2, 0.25) is 0 Å². The Morgan fingerprint density at radius 2 is 2.47 bits per heavy atom. The number of nitrogens with two attached hydrogens (primary N) is 1. The second kappa shape index (κ2) is 3.79. The summed E-state index contributed by atoms with van der Waals surface area (Å²) in [6.45, 7) is 2.60. The first-order valence-corrected chi connectivity index (χ1v) is 5.50. The summed E-state index contributed by atoms with van der Waals surface area (Å²) in [7, 11) is 0. The molecule has 1 aliphatic rings. The van der Waals surface area contributed by atoms with Crippen LogP contribution in [0.3, 0.4) is 0 Å². The number of ether oxygens (including phenoxy) is 1. The van der Waals surface area contributed by atoms with Gasteiger partial charge >= 0.3 is 5.97 Å². The number of hydrogen-bond donors (Lipinski definition) is 2. The van der Waals surface area contributed by atoms with Gasteiger partial charge in [-0.15, -0.1) is 11.3 Å². The predicted molar refractivity (Wildman–Crippen MR) is 56.3 cm³/mol. The maximum absolute atomic E-state index is 10.7. The lowest BCUT2D eigenvalue weighted by Gasteiger charge is -2.00. The molecular formula is C9H12N2O3S. The molecule has 2 atom stereocenters. The monoisotopic (exact) mass is 228 g/mol. The van der Waals surface area contributed by atoms with E-state index in [1.54, 1.807) is 0 Å². The minimum Gasteiger partial charge on any atom is -0.476 e. The summed E-state index contributed by atoms with van der Waals surface area (Å²) in [6, 6.07) is 0. The van der Waals surface area contributed by atoms with Gasteiger partial charge in [-0.2, -0.15) is 0 Å². The van der Waals surface area contributed by atoms with Gasteiger partial charge in [0.25, 0.3) is 0 Å². The minimum atomic E-state index is -1.07. The fraction of sp³-hybridized carbons (Fsp3) is 0.556. The van der Waals surface area contributed by atoms with E-state index >= 15 is 0 Å². The van der Waals surface area contributed by atoms with Crippen LogP contribution in [0, 0.1) is 0 Å². The first-order chi connectivity index (χ1) is 7.08. The predicted octanol–water partition coefficient (Wildman–Crippen LogP) is 1.32. The number of hydrogen-bond acceptors (Lipinski definition) is 5. The minimum absolute atomic E-state index is 0.0328. The maximum Gasteiger partial charge on any atom is 0.357 e. The van der Waals surface area contributed by atoms with Crippen molar-refractivity contribution in [1.29, 1.82) is 0 Å². The van der Waals surface area contributed by atoms with E-state index in [-0.39, 0.29) is 22.7 Å². The number of rotatable bonds is 2. The molecule has 1 fully saturated rings. The Kier molecular flexibility index (Phi) is 2.62. The van der Waals surface area contributed by atoms with Crippen LogP contribution < -0.4 is 5.73 Å². The van der Waals surface area contributed by atoms with Gasteiger partial charge < -0.3 is 15.6 Å². The molecule has 0 saturated carbocycles. The van der Waals surface area contributed by atoms with E-state index in [1.807, 2.05) is 6.92 Å². The van der Waals surface area contributed by atoms with Crippen molar-refractivity contribution in [3.8, 4) is 0 Å². The van der Waals surface area contributed by atoms with E-state index in [2.05, 4.69) is 4.98 Å². The Morgan fingerprint density at radius 1 is 1.73 bits per heavy atom. The van der Waals surface area contributed by atoms with Crippen LogP contribution in [-0.2, 0) is 4.74 Å². The molecule has 15 heavy (non-hydrogen) atoms. The Morgan fingerprint density at radius 3 is 2.93 bits per heavy atom. The average Bonchev–Trinajstić information content (AvgIpc) is 2.71. The Bertz CT molecular complexity index is 391. The second-order valence-electron chi connectivity index (χ2n) is 3.65. The Labute approximate surface area is 90.9 Å². The second-order valence-corrected chi connectivity index (χ2v) is 4.71. The number of aromatic carboxylic acids is 1. The van der Waals surface area contributed by atoms with Crippen molar-refractivity contribution < 1.29 is 14.6 Å². The van der Waals surface area contributed by atoms with Gasteiger partial charge in [0.1, 0.15) is 10.0 Å². The smallest absolute Gasteiger partial charge is 0.357 e. The number of nitrogen functional groups attached to an aromatic ring is 1. The van der Waals surface area contributed by atoms with E-state index in [0.29, 0.717) is 6.61 Å². The third-order valence-corrected chi connectivity index (χ3v) is 3.47. The Hall–Kier alpha value is -1.14. The van der Waals surface area contributed by atoms with E-state index in [9.17, 15) is 4.79 Å². The number of carboxylic acids is 1. The van der Waals surface area contributed by atoms with E-state index in [1.165, 1.54) is 11.3 Å². The molecule has 0 amide bonds. The van der Waals surface area contributed by atoms with Crippen LogP contribution in [0.5, 0.6) is 0 Å². The van der Waals surface area contributed by atoms with Crippen molar-refractivity contribution >= 4 is 22.3 Å². The number of nitrogens with zero attached hydrogens (tertiary/aromatic N) is 1. The molecule has 2 unspecified atom stereocenters. The van der Waals surface area contributed by atoms with Crippen LogP contribution in [0.25, 0.3) is 0 Å². The lowest BCUT2D eigenvalue weighted by atomic mass is 10.1. The van der Waals surface area contributed by atoms with Crippen molar-refractivity contribution in [3.05, 3.63) is 10.7 Å². The summed E-state index contributed by atoms with van der Waals surface area (Å²) < 4.78 is 5.41. The zero-order chi connectivity index (χ0) is 11.0. The summed E-state index contributed by atoms with van der Waals surface area (Å²) in [4.78, 5) is 14.8. The zero-order valence-corrected chi connectivity index (χ0v) is 9.08. The van der Waals surface area contributed by atoms with Crippen molar-refractivity contribution in [2.24, 2.45) is 0 Å². The third-order valence-electron chi connectivity index (χ3n) is 2.42. The SMILES string of the molecule is CC1CC(c2nc(C(=O)O)c(N)s2)CO1. The summed E-state index contributed by atoms with van der Waals surface area (Å²) in [6.07, 6.45) is 1.10. The first-order valence-electron chi connectivity index (χ1n) is 4.69. The molecule has 3 N–H and O–H groups in total. The normalized spacial score (nSPS) is 25.7. The van der Waals surface area contributed by atoms with Crippen molar-refractivity contribution in [3.63, 3.8) is 0 Å². The molecule has 1 saturated heterocycles. The fourth-order valence-electron chi connectivity index (χ4n) is 1.67. The summed E-state index contributed by atoms with van der Waals surface area (Å²) >= 11 is 1.25. The van der Waals surface area contributed by atoms with Gasteiger partial charge in [-0.3, -0.25) is 0 Å². The molecule has 2 heterocycles. The third kappa shape index (κ3) is 1.95. The summed E-state index contributed by atoms with van der Waals surface area (Å²) in [5.74, 6) is -0.873. The van der Waals surface area contributed by atoms with Crippen molar-refractivity contribution in [1.82, 2.24) is 4.98 Å². The molecule has 0 radical (unpaired) electrons. The van der Waals surface area contributed by atoms with Crippen LogP contribution in [0.4, 0.5) is 5.00 Å². The number of carboxylic acid groups (broad SMARTS) is 1. The highest BCUT2D eigenvalue weighted by Gasteiger charge is 2.28. The first kappa shape index (κ1) is 10.4. The molecule has 0 spiro atoms. The lowest BCUT2D eigenvalue weighted by Crippen LogP contribution is -2.02. The van der Waals surface area contributed by atoms with Gasteiger partial charge in [0, 0.05) is 5.92 Å². The standard InChI is InChI=1S/C9H12N2O3S/c1-4-2-5(3-14-4)8-11-6(9(12)13)7(10)15-8/h4-5H,2-3,10H2,1H3,(H,12,13). The highest BCUT2D eigenvalue weighted by molar-refractivity contribution is 7.16. The van der Waals surface area contributed by atoms with Crippen LogP contribution >= 0.6 is 11.3 Å². The van der Waals surface area contributed by atoms with Gasteiger partial charge in [-0.1, -0.05) is 0 Å². The molecule has 6 heteroatoms. The molecule has 1 aromatic heterocycles. The zero-order valence-electron chi connectivity index (χ0n) is 8.27. The molecule has 0 aliphatic carbocycles. The highest BCUT2D eigenvalue weighted by atomic mass is 32.1. The number of aromatic nitrogens is 1. The number of anilines is 1. The molecule has 2 rings (SSSR count). The molecule has 5 nitrogen and oxygen atoms in total. The van der Waals surface area contributed by atoms with Crippen LogP contribution in [0.15, 0.2) is 0 Å². The van der Waals surface area contributed by atoms with Gasteiger partial charge in [-0.05, 0) is 13.3 Å². The van der Waals surface area contributed by atoms with Crippen LogP contribution in [-0.4, -0.2) is 28.8 Å². The molecule has 1 aliphatic heterocycles. The highest BCUT2D eigenvalue weighted by Crippen LogP contribution is 2.34. The molecule has 1 aromatic rings. The topological polar surface area (TPSA) is 85.4 Å². The maximum atomic E-state index is 10.7. The lowest BCUT2D eigenvalue weighted by molar-refractivity contribution is 0.0692. The fourth-order valence-corrected chi connectivity index (χ4v) is 2.59. The summed E-state index contributed by atoms with van der Waals surface area (Å²) in [5.41, 5.74) is 5.55. The number of thiazole rings is 1. The summed E-state index contributed by atoms with van der Waals surface area (Å²) in [5, 5.41) is 9.85. The largest absolute Gasteiger partial charge is 0.476 e.